The molecule has 4 aliphatic rings. The van der Waals surface area contributed by atoms with Crippen LogP contribution in [0.25, 0.3) is 0 Å². The molecule has 3 aliphatic heterocycles. The maximum Gasteiger partial charge on any atom is 0.200 e. The molecule has 0 amide bonds. The van der Waals surface area contributed by atoms with Crippen LogP contribution >= 0.6 is 0 Å². The third kappa shape index (κ3) is 3.52. The second kappa shape index (κ2) is 6.78. The Morgan fingerprint density at radius 2 is 1.80 bits per heavy atom. The summed E-state index contributed by atoms with van der Waals surface area (Å²) in [5, 5.41) is 0. The van der Waals surface area contributed by atoms with Crippen LogP contribution in [0.4, 0.5) is 0 Å². The van der Waals surface area contributed by atoms with Crippen LogP contribution in [0.2, 0.25) is 0 Å². The van der Waals surface area contributed by atoms with Gasteiger partial charge in [0, 0.05) is 18.6 Å². The van der Waals surface area contributed by atoms with Crippen molar-refractivity contribution in [2.75, 3.05) is 20.6 Å². The number of likely N-dealkylation sites (tertiary alicyclic amines) is 1. The van der Waals surface area contributed by atoms with E-state index in [1.807, 2.05) is 0 Å². The SMILES string of the molecule is CC(CCC1OC2OC2N(C)C1C)C1C(C)CC2CC2N(C)CC1C. The quantitative estimate of drug-likeness (QED) is 0.726. The van der Waals surface area contributed by atoms with Gasteiger partial charge in [-0.3, -0.25) is 4.90 Å². The molecule has 0 aromatic heterocycles. The van der Waals surface area contributed by atoms with Gasteiger partial charge in [-0.2, -0.15) is 0 Å². The van der Waals surface area contributed by atoms with E-state index in [2.05, 4.69) is 51.6 Å². The normalized spacial score (nSPS) is 51.8. The minimum Gasteiger partial charge on any atom is -0.344 e. The summed E-state index contributed by atoms with van der Waals surface area (Å²) < 4.78 is 11.8. The number of morpholine rings is 1. The predicted octanol–water partition coefficient (Wildman–Crippen LogP) is 3.42. The summed E-state index contributed by atoms with van der Waals surface area (Å²) in [5.41, 5.74) is 0. The second-order valence-corrected chi connectivity index (χ2v) is 9.80. The first-order valence-corrected chi connectivity index (χ1v) is 10.6. The Morgan fingerprint density at radius 1 is 1.04 bits per heavy atom. The van der Waals surface area contributed by atoms with E-state index in [9.17, 15) is 0 Å². The molecular weight excluding hydrogens is 312 g/mol. The summed E-state index contributed by atoms with van der Waals surface area (Å²) in [6, 6.07) is 1.35. The molecule has 1 saturated carbocycles. The van der Waals surface area contributed by atoms with Gasteiger partial charge in [0.05, 0.1) is 6.10 Å². The number of fused-ring (bicyclic) bond motifs is 2. The third-order valence-corrected chi connectivity index (χ3v) is 7.90. The number of nitrogens with zero attached hydrogens (tertiary/aromatic N) is 2. The van der Waals surface area contributed by atoms with Crippen molar-refractivity contribution < 1.29 is 9.47 Å². The van der Waals surface area contributed by atoms with Crippen molar-refractivity contribution in [1.29, 1.82) is 0 Å². The van der Waals surface area contributed by atoms with Crippen LogP contribution in [-0.4, -0.2) is 61.1 Å². The summed E-state index contributed by atoms with van der Waals surface area (Å²) in [7, 11) is 4.52. The van der Waals surface area contributed by atoms with E-state index in [4.69, 9.17) is 9.47 Å². The smallest absolute Gasteiger partial charge is 0.200 e. The first-order chi connectivity index (χ1) is 11.9. The van der Waals surface area contributed by atoms with Crippen LogP contribution in [0.3, 0.4) is 0 Å². The average molecular weight is 351 g/mol. The number of hydrogen-bond acceptors (Lipinski definition) is 4. The highest BCUT2D eigenvalue weighted by molar-refractivity contribution is 4.99. The third-order valence-electron chi connectivity index (χ3n) is 7.90. The molecule has 25 heavy (non-hydrogen) atoms. The molecule has 0 spiro atoms. The zero-order chi connectivity index (χ0) is 17.9. The minimum absolute atomic E-state index is 0.0428. The van der Waals surface area contributed by atoms with Gasteiger partial charge in [-0.1, -0.05) is 20.8 Å². The largest absolute Gasteiger partial charge is 0.344 e. The van der Waals surface area contributed by atoms with Gasteiger partial charge < -0.3 is 14.4 Å². The fourth-order valence-electron chi connectivity index (χ4n) is 6.24. The molecule has 3 heterocycles. The van der Waals surface area contributed by atoms with Crippen molar-refractivity contribution in [2.45, 2.75) is 84.1 Å². The number of epoxide rings is 1. The van der Waals surface area contributed by atoms with E-state index in [0.717, 1.165) is 42.1 Å². The van der Waals surface area contributed by atoms with E-state index in [-0.39, 0.29) is 12.5 Å². The summed E-state index contributed by atoms with van der Waals surface area (Å²) in [4.78, 5) is 5.00. The molecular formula is C21H38N2O2. The first-order valence-electron chi connectivity index (χ1n) is 10.6. The van der Waals surface area contributed by atoms with Crippen LogP contribution in [0, 0.1) is 29.6 Å². The first kappa shape index (κ1) is 18.2. The molecule has 4 nitrogen and oxygen atoms in total. The fraction of sp³-hybridized carbons (Fsp3) is 1.00. The molecule has 4 heteroatoms. The monoisotopic (exact) mass is 350 g/mol. The summed E-state index contributed by atoms with van der Waals surface area (Å²) in [6.45, 7) is 11.1. The molecule has 0 bridgehead atoms. The highest BCUT2D eigenvalue weighted by Crippen LogP contribution is 2.47. The summed E-state index contributed by atoms with van der Waals surface area (Å²) in [6.07, 6.45) is 5.90. The maximum absolute atomic E-state index is 6.15. The topological polar surface area (TPSA) is 28.2 Å². The lowest BCUT2D eigenvalue weighted by Gasteiger charge is -2.40. The van der Waals surface area contributed by atoms with Gasteiger partial charge in [0.2, 0.25) is 0 Å². The number of ether oxygens (including phenoxy) is 2. The average Bonchev–Trinajstić information content (AvgIpc) is 3.44. The van der Waals surface area contributed by atoms with Crippen molar-refractivity contribution in [3.8, 4) is 0 Å². The van der Waals surface area contributed by atoms with Crippen LogP contribution in [0.5, 0.6) is 0 Å². The Balaban J connectivity index is 1.35. The zero-order valence-corrected chi connectivity index (χ0v) is 17.0. The van der Waals surface area contributed by atoms with E-state index < -0.39 is 0 Å². The Bertz CT molecular complexity index is 487. The van der Waals surface area contributed by atoms with Gasteiger partial charge in [-0.05, 0) is 76.3 Å². The number of likely N-dealkylation sites (N-methyl/N-ethyl adjacent to an activating group) is 1. The second-order valence-electron chi connectivity index (χ2n) is 9.80. The van der Waals surface area contributed by atoms with Gasteiger partial charge in [0.25, 0.3) is 0 Å². The molecule has 0 N–H and O–H groups in total. The lowest BCUT2D eigenvalue weighted by atomic mass is 9.71. The molecule has 1 aliphatic carbocycles. The van der Waals surface area contributed by atoms with Crippen molar-refractivity contribution >= 4 is 0 Å². The molecule has 0 aromatic rings. The van der Waals surface area contributed by atoms with Gasteiger partial charge in [-0.25, -0.2) is 0 Å². The van der Waals surface area contributed by atoms with Gasteiger partial charge in [0.15, 0.2) is 12.5 Å². The van der Waals surface area contributed by atoms with E-state index in [1.54, 1.807) is 0 Å². The number of rotatable bonds is 4. The fourth-order valence-corrected chi connectivity index (χ4v) is 6.24. The summed E-state index contributed by atoms with van der Waals surface area (Å²) >= 11 is 0. The van der Waals surface area contributed by atoms with Crippen molar-refractivity contribution in [3.05, 3.63) is 0 Å². The van der Waals surface area contributed by atoms with Crippen LogP contribution in [0.1, 0.15) is 53.4 Å². The highest BCUT2D eigenvalue weighted by Gasteiger charge is 2.52. The molecule has 0 aromatic carbocycles. The summed E-state index contributed by atoms with van der Waals surface area (Å²) in [5.74, 6) is 4.23. The molecule has 4 fully saturated rings. The Labute approximate surface area is 154 Å². The van der Waals surface area contributed by atoms with Gasteiger partial charge in [-0.15, -0.1) is 0 Å². The Hall–Kier alpha value is -0.160. The Morgan fingerprint density at radius 3 is 2.56 bits per heavy atom. The lowest BCUT2D eigenvalue weighted by molar-refractivity contribution is -0.0753. The predicted molar refractivity (Wildman–Crippen MR) is 100 cm³/mol. The molecule has 4 rings (SSSR count). The van der Waals surface area contributed by atoms with Crippen LogP contribution < -0.4 is 0 Å². The molecule has 144 valence electrons. The van der Waals surface area contributed by atoms with Crippen molar-refractivity contribution in [2.24, 2.45) is 29.6 Å². The standard InChI is InChI=1S/C21H38N2O2/c1-12(7-8-18-15(4)23(6)20-21(24-18)25-20)19-13(2)9-16-10-17(16)22(5)11-14(19)3/h12-21H,7-11H2,1-6H3. The maximum atomic E-state index is 6.15. The van der Waals surface area contributed by atoms with Crippen LogP contribution in [0.15, 0.2) is 0 Å². The van der Waals surface area contributed by atoms with Gasteiger partial charge in [0.1, 0.15) is 0 Å². The van der Waals surface area contributed by atoms with Crippen molar-refractivity contribution in [1.82, 2.24) is 9.80 Å². The molecule has 10 atom stereocenters. The van der Waals surface area contributed by atoms with Gasteiger partial charge >= 0.3 is 0 Å². The number of hydrogen-bond donors (Lipinski definition) is 0. The molecule has 3 saturated heterocycles. The van der Waals surface area contributed by atoms with E-state index >= 15 is 0 Å². The Kier molecular flexibility index (Phi) is 4.94. The highest BCUT2D eigenvalue weighted by atomic mass is 16.8. The van der Waals surface area contributed by atoms with Crippen LogP contribution in [-0.2, 0) is 9.47 Å². The lowest BCUT2D eigenvalue weighted by Crippen LogP contribution is -2.48. The molecule has 0 radical (unpaired) electrons. The molecule has 10 unspecified atom stereocenters. The van der Waals surface area contributed by atoms with E-state index in [0.29, 0.717) is 12.1 Å². The van der Waals surface area contributed by atoms with E-state index in [1.165, 1.54) is 25.8 Å². The minimum atomic E-state index is 0.0428. The zero-order valence-electron chi connectivity index (χ0n) is 17.0. The van der Waals surface area contributed by atoms with Crippen molar-refractivity contribution in [3.63, 3.8) is 0 Å².